The molecule has 56 heavy (non-hydrogen) atoms. The highest BCUT2D eigenvalue weighted by Gasteiger charge is 2.57. The van der Waals surface area contributed by atoms with E-state index >= 15 is 0 Å². The van der Waals surface area contributed by atoms with Crippen LogP contribution in [-0.4, -0.2) is 83.7 Å². The molecule has 0 aromatic rings. The molecule has 0 aromatic heterocycles. The molecule has 0 saturated heterocycles. The van der Waals surface area contributed by atoms with E-state index in [1.54, 1.807) is 0 Å². The number of rotatable bonds is 32. The molecule has 0 heterocycles. The summed E-state index contributed by atoms with van der Waals surface area (Å²) in [6, 6.07) is 0. The van der Waals surface area contributed by atoms with Gasteiger partial charge in [-0.3, -0.25) is 28.3 Å². The maximum absolute atomic E-state index is 12.4. The van der Waals surface area contributed by atoms with Crippen molar-refractivity contribution in [1.82, 2.24) is 0 Å². The third kappa shape index (κ3) is 22.0. The summed E-state index contributed by atoms with van der Waals surface area (Å²) in [4.78, 5) is 48.5. The van der Waals surface area contributed by atoms with Gasteiger partial charge in [-0.2, -0.15) is 16.8 Å². The van der Waals surface area contributed by atoms with Crippen molar-refractivity contribution in [2.45, 2.75) is 188 Å². The summed E-state index contributed by atoms with van der Waals surface area (Å²) in [5, 5.41) is 15.4. The van der Waals surface area contributed by atoms with E-state index in [-0.39, 0.29) is 49.7 Å². The summed E-state index contributed by atoms with van der Waals surface area (Å²) in [7, 11) is -9.86. The number of unbranched alkanes of at least 4 members (excludes halogenated alkanes) is 4. The number of hydrogen-bond donors (Lipinski definition) is 4. The second-order valence-electron chi connectivity index (χ2n) is 15.3. The molecule has 0 aromatic carbocycles. The van der Waals surface area contributed by atoms with Crippen LogP contribution in [0.5, 0.6) is 0 Å². The van der Waals surface area contributed by atoms with E-state index in [1.807, 2.05) is 41.5 Å². The standard InChI is InChI=1S/2C20H38O7S/c1-5-9-11-16(7-3)14-26-19(21)13-18(28(23,24)25)20(22)27-15-17(8-4)12-10-6-2;1-5-9-11-15(7-3)13-20(19(23)24,14-16(8-4)12-10-6-2)17(18(21)22)28(25,26)27/h16-18H,5-15H2,1-4H3,(H,23,24,25);15-17H,5-14H2,1-4H3,(H,21,22)(H,23,24)(H,25,26,27). The summed E-state index contributed by atoms with van der Waals surface area (Å²) >= 11 is 0. The molecule has 0 bridgehead atoms. The molecule has 0 aliphatic heterocycles. The van der Waals surface area contributed by atoms with Gasteiger partial charge in [0.1, 0.15) is 0 Å². The van der Waals surface area contributed by atoms with Crippen LogP contribution >= 0.6 is 0 Å². The van der Waals surface area contributed by atoms with Gasteiger partial charge >= 0.3 is 23.9 Å². The van der Waals surface area contributed by atoms with Crippen molar-refractivity contribution < 1.29 is 64.8 Å². The van der Waals surface area contributed by atoms with Crippen molar-refractivity contribution in [2.24, 2.45) is 29.1 Å². The Morgan fingerprint density at radius 3 is 1.20 bits per heavy atom. The number of esters is 2. The van der Waals surface area contributed by atoms with Crippen LogP contribution in [0.25, 0.3) is 0 Å². The number of carbonyl (C=O) groups is 4. The Morgan fingerprint density at radius 1 is 0.554 bits per heavy atom. The number of ether oxygens (including phenoxy) is 2. The maximum atomic E-state index is 12.4. The Kier molecular flexibility index (Phi) is 29.7. The first kappa shape index (κ1) is 55.8. The average molecular weight is 845 g/mol. The minimum absolute atomic E-state index is 0.0712. The Balaban J connectivity index is 0. The highest BCUT2D eigenvalue weighted by atomic mass is 32.2. The molecule has 6 unspecified atom stereocenters. The van der Waals surface area contributed by atoms with E-state index in [9.17, 15) is 55.3 Å². The Hall–Kier alpha value is -2.30. The van der Waals surface area contributed by atoms with Crippen LogP contribution in [0.15, 0.2) is 0 Å². The number of carboxylic acid groups (broad SMARTS) is 2. The predicted molar refractivity (Wildman–Crippen MR) is 217 cm³/mol. The Morgan fingerprint density at radius 2 is 0.911 bits per heavy atom. The van der Waals surface area contributed by atoms with Crippen molar-refractivity contribution >= 4 is 44.1 Å². The molecule has 0 rings (SSSR count). The van der Waals surface area contributed by atoms with Crippen LogP contribution in [0, 0.1) is 29.1 Å². The van der Waals surface area contributed by atoms with Gasteiger partial charge < -0.3 is 19.7 Å². The second kappa shape index (κ2) is 29.8. The summed E-state index contributed by atoms with van der Waals surface area (Å²) in [6.07, 6.45) is 12.8. The van der Waals surface area contributed by atoms with Crippen molar-refractivity contribution in [2.75, 3.05) is 13.2 Å². The van der Waals surface area contributed by atoms with Gasteiger partial charge in [-0.1, -0.05) is 145 Å². The lowest BCUT2D eigenvalue weighted by molar-refractivity contribution is -0.158. The third-order valence-corrected chi connectivity index (χ3v) is 13.2. The first-order valence-electron chi connectivity index (χ1n) is 20.9. The van der Waals surface area contributed by atoms with Crippen LogP contribution < -0.4 is 0 Å². The van der Waals surface area contributed by atoms with Crippen LogP contribution in [0.1, 0.15) is 177 Å². The quantitative estimate of drug-likeness (QED) is 0.0366. The van der Waals surface area contributed by atoms with Gasteiger partial charge in [0.05, 0.1) is 25.0 Å². The van der Waals surface area contributed by atoms with Gasteiger partial charge in [0.25, 0.3) is 20.2 Å². The van der Waals surface area contributed by atoms with Gasteiger partial charge in [-0.15, -0.1) is 0 Å². The number of carboxylic acids is 2. The van der Waals surface area contributed by atoms with E-state index < -0.39 is 66.4 Å². The van der Waals surface area contributed by atoms with Crippen molar-refractivity contribution in [3.8, 4) is 0 Å². The first-order chi connectivity index (χ1) is 26.2. The van der Waals surface area contributed by atoms with Crippen molar-refractivity contribution in [3.05, 3.63) is 0 Å². The molecule has 14 nitrogen and oxygen atoms in total. The van der Waals surface area contributed by atoms with E-state index in [1.165, 1.54) is 0 Å². The molecule has 0 radical (unpaired) electrons. The van der Waals surface area contributed by atoms with Gasteiger partial charge in [-0.05, 0) is 49.4 Å². The van der Waals surface area contributed by atoms with Gasteiger partial charge in [0.2, 0.25) is 0 Å². The number of hydrogen-bond acceptors (Lipinski definition) is 10. The fraction of sp³-hybridized carbons (Fsp3) is 0.900. The largest absolute Gasteiger partial charge is 0.481 e. The lowest BCUT2D eigenvalue weighted by Gasteiger charge is -2.38. The van der Waals surface area contributed by atoms with Crippen LogP contribution in [0.4, 0.5) is 0 Å². The summed E-state index contributed by atoms with van der Waals surface area (Å²) < 4.78 is 76.4. The molecule has 332 valence electrons. The highest BCUT2D eigenvalue weighted by Crippen LogP contribution is 2.44. The summed E-state index contributed by atoms with van der Waals surface area (Å²) in [5.74, 6) is -5.11. The molecule has 0 amide bonds. The zero-order chi connectivity index (χ0) is 43.5. The van der Waals surface area contributed by atoms with Gasteiger partial charge in [0, 0.05) is 0 Å². The highest BCUT2D eigenvalue weighted by molar-refractivity contribution is 7.87. The van der Waals surface area contributed by atoms with Crippen LogP contribution in [0.2, 0.25) is 0 Å². The monoisotopic (exact) mass is 844 g/mol. The molecule has 4 N–H and O–H groups in total. The van der Waals surface area contributed by atoms with Crippen molar-refractivity contribution in [1.29, 1.82) is 0 Å². The lowest BCUT2D eigenvalue weighted by Crippen LogP contribution is -2.53. The second-order valence-corrected chi connectivity index (χ2v) is 18.4. The number of aliphatic carboxylic acids is 2. The third-order valence-electron chi connectivity index (χ3n) is 10.8. The van der Waals surface area contributed by atoms with E-state index in [4.69, 9.17) is 9.47 Å². The molecular formula is C40H76O14S2. The maximum Gasteiger partial charge on any atom is 0.327 e. The van der Waals surface area contributed by atoms with E-state index in [0.29, 0.717) is 25.7 Å². The lowest BCUT2D eigenvalue weighted by atomic mass is 9.68. The van der Waals surface area contributed by atoms with Crippen LogP contribution in [-0.2, 0) is 48.9 Å². The Bertz CT molecular complexity index is 1310. The fourth-order valence-electron chi connectivity index (χ4n) is 6.97. The molecule has 0 aliphatic rings. The first-order valence-corrected chi connectivity index (χ1v) is 23.9. The molecule has 0 saturated carbocycles. The zero-order valence-corrected chi connectivity index (χ0v) is 37.1. The van der Waals surface area contributed by atoms with Gasteiger partial charge in [-0.25, -0.2) is 0 Å². The summed E-state index contributed by atoms with van der Waals surface area (Å²) in [6.45, 7) is 16.2. The van der Waals surface area contributed by atoms with Gasteiger partial charge in [0.15, 0.2) is 10.5 Å². The molecule has 0 spiro atoms. The summed E-state index contributed by atoms with van der Waals surface area (Å²) in [5.41, 5.74) is -2.05. The topological polar surface area (TPSA) is 236 Å². The van der Waals surface area contributed by atoms with E-state index in [2.05, 4.69) is 13.8 Å². The fourth-order valence-corrected chi connectivity index (χ4v) is 8.75. The predicted octanol–water partition coefficient (Wildman–Crippen LogP) is 8.76. The molecule has 0 fully saturated rings. The minimum Gasteiger partial charge on any atom is -0.481 e. The number of carbonyl (C=O) groups excluding carboxylic acids is 2. The zero-order valence-electron chi connectivity index (χ0n) is 35.5. The SMILES string of the molecule is CCCCC(CC)CC(CC(CC)CCCC)(C(=O)O)C(C(=O)O)S(=O)(=O)O.CCCCC(CC)COC(=O)CC(C(=O)OCC(CC)CCCC)S(=O)(=O)O. The molecule has 6 atom stereocenters. The minimum atomic E-state index is -5.10. The molecule has 16 heteroatoms. The van der Waals surface area contributed by atoms with Crippen LogP contribution in [0.3, 0.4) is 0 Å². The average Bonchev–Trinajstić information content (AvgIpc) is 3.12. The smallest absolute Gasteiger partial charge is 0.327 e. The normalized spacial score (nSPS) is 16.2. The van der Waals surface area contributed by atoms with E-state index in [0.717, 1.165) is 77.0 Å². The Labute approximate surface area is 338 Å². The molecular weight excluding hydrogens is 769 g/mol. The van der Waals surface area contributed by atoms with Crippen molar-refractivity contribution in [3.63, 3.8) is 0 Å². The molecule has 0 aliphatic carbocycles.